The minimum atomic E-state index is -2.35. The van der Waals surface area contributed by atoms with Crippen molar-refractivity contribution < 1.29 is 27.5 Å². The van der Waals surface area contributed by atoms with E-state index in [1.54, 1.807) is 23.9 Å². The molecule has 1 saturated heterocycles. The maximum absolute atomic E-state index is 13.6. The molecular weight excluding hydrogens is 609 g/mol. The summed E-state index contributed by atoms with van der Waals surface area (Å²) in [6.45, 7) is 36.3. The minimum absolute atomic E-state index is 0.0371. The van der Waals surface area contributed by atoms with Gasteiger partial charge in [-0.05, 0) is 72.3 Å². The van der Waals surface area contributed by atoms with Gasteiger partial charge in [0, 0.05) is 0 Å². The van der Waals surface area contributed by atoms with Crippen molar-refractivity contribution in [1.29, 1.82) is 0 Å². The summed E-state index contributed by atoms with van der Waals surface area (Å²) in [5.41, 5.74) is 0.0961. The summed E-state index contributed by atoms with van der Waals surface area (Å²) in [6, 6.07) is 9.19. The molecule has 10 heteroatoms. The second-order valence-electron chi connectivity index (χ2n) is 16.5. The quantitative estimate of drug-likeness (QED) is 0.172. The van der Waals surface area contributed by atoms with Crippen molar-refractivity contribution in [2.75, 3.05) is 12.4 Å². The predicted molar refractivity (Wildman–Crippen MR) is 190 cm³/mol. The summed E-state index contributed by atoms with van der Waals surface area (Å²) in [6.07, 6.45) is -1.98. The van der Waals surface area contributed by atoms with E-state index >= 15 is 0 Å². The van der Waals surface area contributed by atoms with Crippen LogP contribution in [0, 0.1) is 0 Å². The lowest BCUT2D eigenvalue weighted by molar-refractivity contribution is -0.196. The average Bonchev–Trinajstić information content (AvgIpc) is 2.84. The molecular formula is C33H62O6SSi3. The molecule has 1 heterocycles. The molecule has 43 heavy (non-hydrogen) atoms. The summed E-state index contributed by atoms with van der Waals surface area (Å²) in [4.78, 5) is 13.6. The van der Waals surface area contributed by atoms with Gasteiger partial charge >= 0.3 is 5.97 Å². The first-order valence-corrected chi connectivity index (χ1v) is 25.6. The Labute approximate surface area is 271 Å². The number of esters is 1. The first kappa shape index (κ1) is 38.7. The van der Waals surface area contributed by atoms with Crippen LogP contribution in [0.4, 0.5) is 0 Å². The van der Waals surface area contributed by atoms with Gasteiger partial charge in [0.1, 0.15) is 23.7 Å². The van der Waals surface area contributed by atoms with E-state index in [-0.39, 0.29) is 27.2 Å². The monoisotopic (exact) mass is 670 g/mol. The third-order valence-corrected chi connectivity index (χ3v) is 24.6. The van der Waals surface area contributed by atoms with Crippen LogP contribution >= 0.6 is 11.8 Å². The first-order chi connectivity index (χ1) is 19.3. The molecule has 1 fully saturated rings. The van der Waals surface area contributed by atoms with E-state index in [1.165, 1.54) is 0 Å². The van der Waals surface area contributed by atoms with E-state index in [9.17, 15) is 4.79 Å². The van der Waals surface area contributed by atoms with Crippen LogP contribution in [-0.2, 0) is 22.8 Å². The van der Waals surface area contributed by atoms with Crippen molar-refractivity contribution in [3.8, 4) is 0 Å². The highest BCUT2D eigenvalue weighted by molar-refractivity contribution is 7.99. The molecule has 1 aromatic rings. The van der Waals surface area contributed by atoms with Crippen LogP contribution in [-0.4, -0.2) is 73.1 Å². The Morgan fingerprint density at radius 1 is 0.744 bits per heavy atom. The number of thioether (sulfide) groups is 1. The highest BCUT2D eigenvalue weighted by Gasteiger charge is 2.55. The molecule has 0 radical (unpaired) electrons. The van der Waals surface area contributed by atoms with Crippen molar-refractivity contribution >= 4 is 42.7 Å². The molecule has 0 spiro atoms. The van der Waals surface area contributed by atoms with Gasteiger partial charge in [0.05, 0.1) is 12.2 Å². The minimum Gasteiger partial charge on any atom is -0.452 e. The van der Waals surface area contributed by atoms with Crippen LogP contribution in [0.15, 0.2) is 30.3 Å². The summed E-state index contributed by atoms with van der Waals surface area (Å²) < 4.78 is 34.7. The Morgan fingerprint density at radius 3 is 1.65 bits per heavy atom. The molecule has 5 atom stereocenters. The zero-order chi connectivity index (χ0) is 33.2. The second kappa shape index (κ2) is 14.1. The van der Waals surface area contributed by atoms with Crippen molar-refractivity contribution in [3.63, 3.8) is 0 Å². The normalized spacial score (nSPS) is 24.6. The fraction of sp³-hybridized carbons (Fsp3) is 0.788. The Hall–Kier alpha value is -0.469. The molecule has 0 amide bonds. The molecule has 0 N–H and O–H groups in total. The second-order valence-corrected chi connectivity index (χ2v) is 32.2. The summed E-state index contributed by atoms with van der Waals surface area (Å²) >= 11 is 1.65. The smallest absolute Gasteiger partial charge is 0.338 e. The van der Waals surface area contributed by atoms with Gasteiger partial charge < -0.3 is 22.8 Å². The van der Waals surface area contributed by atoms with Gasteiger partial charge in [0.25, 0.3) is 0 Å². The first-order valence-electron chi connectivity index (χ1n) is 15.9. The van der Waals surface area contributed by atoms with Gasteiger partial charge in [-0.25, -0.2) is 4.79 Å². The topological polar surface area (TPSA) is 63.2 Å². The van der Waals surface area contributed by atoms with Crippen molar-refractivity contribution in [1.82, 2.24) is 0 Å². The molecule has 1 aromatic carbocycles. The SMILES string of the molecule is CCS[C@@H]1O[C@H](CO[Si](C)(C)C(C)(C)C)[C@@H](O[Si](C)(C)C(C)(C)C)[C@H](O[Si](C)(C)C(C)(C)C)[C@H]1OC(=O)c1ccccc1. The van der Waals surface area contributed by atoms with Gasteiger partial charge in [-0.2, -0.15) is 0 Å². The van der Waals surface area contributed by atoms with Gasteiger partial charge in [0.2, 0.25) is 0 Å². The molecule has 0 aliphatic carbocycles. The Morgan fingerprint density at radius 2 is 1.21 bits per heavy atom. The van der Waals surface area contributed by atoms with Crippen LogP contribution in [0.2, 0.25) is 54.4 Å². The Balaban J connectivity index is 2.70. The van der Waals surface area contributed by atoms with E-state index < -0.39 is 48.7 Å². The number of hydrogen-bond donors (Lipinski definition) is 0. The van der Waals surface area contributed by atoms with Gasteiger partial charge in [-0.3, -0.25) is 0 Å². The highest BCUT2D eigenvalue weighted by Crippen LogP contribution is 2.45. The van der Waals surface area contributed by atoms with Crippen LogP contribution in [0.5, 0.6) is 0 Å². The van der Waals surface area contributed by atoms with Crippen LogP contribution in [0.25, 0.3) is 0 Å². The number of carbonyl (C=O) groups excluding carboxylic acids is 1. The molecule has 0 bridgehead atoms. The van der Waals surface area contributed by atoms with Crippen molar-refractivity contribution in [2.45, 2.75) is 153 Å². The predicted octanol–water partition coefficient (Wildman–Crippen LogP) is 9.49. The zero-order valence-corrected chi connectivity index (χ0v) is 33.9. The number of hydrogen-bond acceptors (Lipinski definition) is 7. The standard InChI is InChI=1S/C33H62O6SSi3/c1-17-40-30-28(37-29(34)24-21-19-18-20-22-24)27(39-43(15,16)33(8,9)10)26(38-42(13,14)32(5,6)7)25(36-30)23-35-41(11,12)31(2,3)4/h18-22,25-28,30H,17,23H2,1-16H3/t25-,26-,27+,28-,30+/m1/s1. The molecule has 2 rings (SSSR count). The van der Waals surface area contributed by atoms with Gasteiger partial charge in [-0.1, -0.05) is 87.4 Å². The number of benzene rings is 1. The van der Waals surface area contributed by atoms with Crippen molar-refractivity contribution in [2.24, 2.45) is 0 Å². The molecule has 1 aliphatic heterocycles. The van der Waals surface area contributed by atoms with Crippen LogP contribution < -0.4 is 0 Å². The average molecular weight is 671 g/mol. The molecule has 0 unspecified atom stereocenters. The van der Waals surface area contributed by atoms with Crippen LogP contribution in [0.3, 0.4) is 0 Å². The third kappa shape index (κ3) is 9.76. The van der Waals surface area contributed by atoms with E-state index in [1.807, 2.05) is 18.2 Å². The maximum atomic E-state index is 13.6. The molecule has 1 aliphatic rings. The lowest BCUT2D eigenvalue weighted by Gasteiger charge is -2.52. The fourth-order valence-electron chi connectivity index (χ4n) is 4.02. The van der Waals surface area contributed by atoms with Crippen molar-refractivity contribution in [3.05, 3.63) is 35.9 Å². The van der Waals surface area contributed by atoms with Gasteiger partial charge in [0.15, 0.2) is 31.1 Å². The summed E-state index contributed by atoms with van der Waals surface area (Å²) in [5.74, 6) is 0.433. The zero-order valence-electron chi connectivity index (χ0n) is 30.0. The van der Waals surface area contributed by atoms with E-state index in [0.29, 0.717) is 12.2 Å². The lowest BCUT2D eigenvalue weighted by Crippen LogP contribution is -2.66. The number of carbonyl (C=O) groups is 1. The maximum Gasteiger partial charge on any atom is 0.338 e. The third-order valence-electron chi connectivity index (χ3n) is 10.1. The molecule has 0 aromatic heterocycles. The largest absolute Gasteiger partial charge is 0.452 e. The molecule has 0 saturated carbocycles. The summed E-state index contributed by atoms with van der Waals surface area (Å²) in [5, 5.41) is -0.0360. The molecule has 248 valence electrons. The van der Waals surface area contributed by atoms with Crippen LogP contribution in [0.1, 0.15) is 79.6 Å². The Bertz CT molecular complexity index is 1040. The van der Waals surface area contributed by atoms with E-state index in [0.717, 1.165) is 5.75 Å². The molecule has 6 nitrogen and oxygen atoms in total. The Kier molecular flexibility index (Phi) is 12.7. The number of rotatable bonds is 11. The van der Waals surface area contributed by atoms with E-state index in [4.69, 9.17) is 22.8 Å². The van der Waals surface area contributed by atoms with E-state index in [2.05, 4.69) is 109 Å². The fourth-order valence-corrected chi connectivity index (χ4v) is 8.61. The number of ether oxygens (including phenoxy) is 2. The van der Waals surface area contributed by atoms with Gasteiger partial charge in [-0.15, -0.1) is 11.8 Å². The summed E-state index contributed by atoms with van der Waals surface area (Å²) in [7, 11) is -6.76. The lowest BCUT2D eigenvalue weighted by atomic mass is 10.00. The highest BCUT2D eigenvalue weighted by atomic mass is 32.2.